The van der Waals surface area contributed by atoms with Gasteiger partial charge in [0.05, 0.1) is 22.9 Å². The third-order valence-electron chi connectivity index (χ3n) is 8.08. The lowest BCUT2D eigenvalue weighted by molar-refractivity contribution is -0.137. The van der Waals surface area contributed by atoms with Crippen LogP contribution in [0.4, 0.5) is 36.2 Å². The SMILES string of the molecule is CCN1CCN(c2cc(C(=O)Nc3ccc(C)c(Nc4nc5ccccc5n4C4C=C(N)NC=N4)c3)cc(C(F)(F)F)c2)CC1. The molecule has 234 valence electrons. The summed E-state index contributed by atoms with van der Waals surface area (Å²) in [6.07, 6.45) is -1.74. The molecule has 3 heterocycles. The van der Waals surface area contributed by atoms with Gasteiger partial charge in [0.15, 0.2) is 6.17 Å². The number of fused-ring (bicyclic) bond motifs is 1. The summed E-state index contributed by atoms with van der Waals surface area (Å²) in [5.41, 5.74) is 8.98. The lowest BCUT2D eigenvalue weighted by Crippen LogP contribution is -2.46. The molecule has 2 aliphatic heterocycles. The van der Waals surface area contributed by atoms with Crippen molar-refractivity contribution in [2.75, 3.05) is 48.3 Å². The number of nitrogens with one attached hydrogen (secondary N) is 3. The van der Waals surface area contributed by atoms with Crippen LogP contribution < -0.4 is 26.6 Å². The molecule has 1 aromatic heterocycles. The fourth-order valence-corrected chi connectivity index (χ4v) is 5.55. The number of aromatic nitrogens is 2. The summed E-state index contributed by atoms with van der Waals surface area (Å²) in [4.78, 5) is 26.8. The molecule has 2 aliphatic rings. The second kappa shape index (κ2) is 12.2. The largest absolute Gasteiger partial charge is 0.416 e. The van der Waals surface area contributed by atoms with Gasteiger partial charge in [-0.1, -0.05) is 25.1 Å². The third kappa shape index (κ3) is 6.43. The zero-order valence-corrected chi connectivity index (χ0v) is 24.9. The molecular formula is C32H34F3N9O. The molecule has 0 spiro atoms. The molecular weight excluding hydrogens is 583 g/mol. The van der Waals surface area contributed by atoms with Crippen LogP contribution in [-0.4, -0.2) is 59.4 Å². The van der Waals surface area contributed by atoms with Gasteiger partial charge in [-0.15, -0.1) is 0 Å². The molecule has 45 heavy (non-hydrogen) atoms. The second-order valence-corrected chi connectivity index (χ2v) is 11.0. The molecule has 1 fully saturated rings. The van der Waals surface area contributed by atoms with Gasteiger partial charge in [0, 0.05) is 54.9 Å². The monoisotopic (exact) mass is 617 g/mol. The summed E-state index contributed by atoms with van der Waals surface area (Å²) in [5.74, 6) is 0.323. The van der Waals surface area contributed by atoms with Gasteiger partial charge < -0.3 is 31.5 Å². The van der Waals surface area contributed by atoms with Gasteiger partial charge in [-0.3, -0.25) is 9.36 Å². The van der Waals surface area contributed by atoms with Crippen LogP contribution in [0.3, 0.4) is 0 Å². The minimum absolute atomic E-state index is 0.0669. The van der Waals surface area contributed by atoms with Crippen molar-refractivity contribution >= 4 is 46.3 Å². The normalized spacial score (nSPS) is 17.2. The number of likely N-dealkylation sites (N-methyl/N-ethyl adjacent to an activating group) is 1. The van der Waals surface area contributed by atoms with Gasteiger partial charge in [0.25, 0.3) is 5.91 Å². The number of piperazine rings is 1. The van der Waals surface area contributed by atoms with Crippen LogP contribution in [0.2, 0.25) is 0 Å². The first-order valence-corrected chi connectivity index (χ1v) is 14.7. The molecule has 0 bridgehead atoms. The second-order valence-electron chi connectivity index (χ2n) is 11.0. The molecule has 4 aromatic rings. The number of nitrogens with two attached hydrogens (primary N) is 1. The van der Waals surface area contributed by atoms with E-state index in [0.29, 0.717) is 41.9 Å². The van der Waals surface area contributed by atoms with Crippen LogP contribution in [0.15, 0.2) is 77.6 Å². The third-order valence-corrected chi connectivity index (χ3v) is 8.08. The molecule has 0 aliphatic carbocycles. The fourth-order valence-electron chi connectivity index (χ4n) is 5.55. The maximum atomic E-state index is 13.9. The number of amides is 1. The number of benzene rings is 3. The van der Waals surface area contributed by atoms with Gasteiger partial charge in [0.2, 0.25) is 5.95 Å². The number of aryl methyl sites for hydroxylation is 1. The van der Waals surface area contributed by atoms with E-state index in [0.717, 1.165) is 48.4 Å². The zero-order chi connectivity index (χ0) is 31.7. The maximum Gasteiger partial charge on any atom is 0.416 e. The Morgan fingerprint density at radius 1 is 1.07 bits per heavy atom. The molecule has 6 rings (SSSR count). The van der Waals surface area contributed by atoms with Crippen LogP contribution in [-0.2, 0) is 6.18 Å². The maximum absolute atomic E-state index is 13.9. The van der Waals surface area contributed by atoms with Crippen LogP contribution in [0.1, 0.15) is 34.6 Å². The molecule has 0 saturated carbocycles. The Balaban J connectivity index is 1.28. The summed E-state index contributed by atoms with van der Waals surface area (Å²) in [7, 11) is 0. The average Bonchev–Trinajstić information content (AvgIpc) is 3.40. The van der Waals surface area contributed by atoms with Crippen LogP contribution in [0, 0.1) is 6.92 Å². The first kappa shape index (κ1) is 30.0. The van der Waals surface area contributed by atoms with E-state index in [4.69, 9.17) is 10.7 Å². The topological polar surface area (TPSA) is 116 Å². The number of aliphatic imine (C=N–C) groups is 1. The molecule has 13 heteroatoms. The summed E-state index contributed by atoms with van der Waals surface area (Å²) in [6.45, 7) is 7.50. The van der Waals surface area contributed by atoms with Crippen LogP contribution >= 0.6 is 0 Å². The van der Waals surface area contributed by atoms with Gasteiger partial charge in [-0.25, -0.2) is 9.98 Å². The molecule has 1 atom stereocenters. The summed E-state index contributed by atoms with van der Waals surface area (Å²) < 4.78 is 43.6. The molecule has 1 unspecified atom stereocenters. The number of imidazole rings is 1. The molecule has 1 amide bonds. The van der Waals surface area contributed by atoms with Crippen molar-refractivity contribution in [1.82, 2.24) is 19.8 Å². The number of hydrogen-bond donors (Lipinski definition) is 4. The molecule has 0 radical (unpaired) electrons. The number of alkyl halides is 3. The van der Waals surface area contributed by atoms with E-state index in [1.54, 1.807) is 18.2 Å². The molecule has 1 saturated heterocycles. The number of nitrogens with zero attached hydrogens (tertiary/aromatic N) is 5. The van der Waals surface area contributed by atoms with Gasteiger partial charge in [-0.2, -0.15) is 13.2 Å². The molecule has 3 aromatic carbocycles. The number of para-hydroxylation sites is 2. The van der Waals surface area contributed by atoms with Crippen molar-refractivity contribution in [1.29, 1.82) is 0 Å². The summed E-state index contributed by atoms with van der Waals surface area (Å²) >= 11 is 0. The van der Waals surface area contributed by atoms with Gasteiger partial charge in [-0.05, 0) is 61.5 Å². The first-order chi connectivity index (χ1) is 21.6. The zero-order valence-electron chi connectivity index (χ0n) is 24.9. The highest BCUT2D eigenvalue weighted by Gasteiger charge is 2.33. The lowest BCUT2D eigenvalue weighted by atomic mass is 10.1. The van der Waals surface area contributed by atoms with Crippen molar-refractivity contribution in [2.24, 2.45) is 10.7 Å². The van der Waals surface area contributed by atoms with Crippen LogP contribution in [0.5, 0.6) is 0 Å². The number of carbonyl (C=O) groups is 1. The highest BCUT2D eigenvalue weighted by molar-refractivity contribution is 6.05. The highest BCUT2D eigenvalue weighted by atomic mass is 19.4. The van der Waals surface area contributed by atoms with Crippen molar-refractivity contribution in [2.45, 2.75) is 26.2 Å². The number of halogens is 3. The van der Waals surface area contributed by atoms with Crippen molar-refractivity contribution in [3.63, 3.8) is 0 Å². The average molecular weight is 618 g/mol. The standard InChI is InChI=1S/C32H34F3N9O/c1-3-42-10-12-43(13-11-42)24-15-21(14-22(16-24)32(33,34)35)30(45)39-23-9-8-20(2)26(17-23)41-31-40-25-6-4-5-7-27(25)44(31)29-18-28(36)37-19-38-29/h4-9,14-19,29H,3,10-13,36H2,1-2H3,(H,37,38)(H,39,45)(H,40,41). The van der Waals surface area contributed by atoms with Crippen LogP contribution in [0.25, 0.3) is 11.0 Å². The predicted molar refractivity (Wildman–Crippen MR) is 171 cm³/mol. The Morgan fingerprint density at radius 3 is 2.58 bits per heavy atom. The molecule has 5 N–H and O–H groups in total. The Labute approximate surface area is 258 Å². The Morgan fingerprint density at radius 2 is 1.84 bits per heavy atom. The van der Waals surface area contributed by atoms with E-state index in [-0.39, 0.29) is 5.56 Å². The van der Waals surface area contributed by atoms with E-state index in [1.807, 2.05) is 46.7 Å². The summed E-state index contributed by atoms with van der Waals surface area (Å²) in [5, 5.41) is 9.01. The number of rotatable bonds is 7. The fraction of sp³-hybridized carbons (Fsp3) is 0.281. The number of carbonyl (C=O) groups excluding carboxylic acids is 1. The van der Waals surface area contributed by atoms with E-state index in [2.05, 4.69) is 32.8 Å². The quantitative estimate of drug-likeness (QED) is 0.219. The highest BCUT2D eigenvalue weighted by Crippen LogP contribution is 2.34. The van der Waals surface area contributed by atoms with Crippen molar-refractivity contribution in [3.05, 3.63) is 89.3 Å². The molecule has 10 nitrogen and oxygen atoms in total. The minimum atomic E-state index is -4.60. The van der Waals surface area contributed by atoms with E-state index in [1.165, 1.54) is 12.4 Å². The Hall–Kier alpha value is -5.04. The number of hydrogen-bond acceptors (Lipinski definition) is 8. The smallest absolute Gasteiger partial charge is 0.385 e. The van der Waals surface area contributed by atoms with E-state index < -0.39 is 23.8 Å². The predicted octanol–water partition coefficient (Wildman–Crippen LogP) is 5.43. The van der Waals surface area contributed by atoms with E-state index >= 15 is 0 Å². The lowest BCUT2D eigenvalue weighted by Gasteiger charge is -2.36. The minimum Gasteiger partial charge on any atom is -0.385 e. The Kier molecular flexibility index (Phi) is 8.11. The van der Waals surface area contributed by atoms with E-state index in [9.17, 15) is 18.0 Å². The van der Waals surface area contributed by atoms with Crippen molar-refractivity contribution in [3.8, 4) is 0 Å². The van der Waals surface area contributed by atoms with Crippen molar-refractivity contribution < 1.29 is 18.0 Å². The number of anilines is 4. The van der Waals surface area contributed by atoms with Gasteiger partial charge >= 0.3 is 6.18 Å². The first-order valence-electron chi connectivity index (χ1n) is 14.7. The summed E-state index contributed by atoms with van der Waals surface area (Å²) in [6, 6.07) is 16.4. The Bertz CT molecular complexity index is 1790. The van der Waals surface area contributed by atoms with Gasteiger partial charge in [0.1, 0.15) is 5.82 Å².